The zero-order valence-electron chi connectivity index (χ0n) is 7.74. The number of nitrogens with zero attached hydrogens (tertiary/aromatic N) is 2. The highest BCUT2D eigenvalue weighted by atomic mass is 35.5. The van der Waals surface area contributed by atoms with E-state index in [0.717, 1.165) is 6.34 Å². The number of nitrogens with one attached hydrogen (secondary N) is 2. The number of rotatable bonds is 6. The van der Waals surface area contributed by atoms with Crippen LogP contribution in [0.3, 0.4) is 0 Å². The predicted molar refractivity (Wildman–Crippen MR) is 57.0 cm³/mol. The Morgan fingerprint density at radius 2 is 2.43 bits per heavy atom. The Kier molecular flexibility index (Phi) is 7.45. The van der Waals surface area contributed by atoms with Gasteiger partial charge in [-0.25, -0.2) is 9.38 Å². The topological polar surface area (TPSA) is 51.5 Å². The van der Waals surface area contributed by atoms with Crippen LogP contribution in [0.5, 0.6) is 0 Å². The lowest BCUT2D eigenvalue weighted by atomic mass is 10.4. The van der Waals surface area contributed by atoms with Crippen LogP contribution in [0.4, 0.5) is 4.39 Å². The Balaban J connectivity index is 3.95. The second-order valence-electron chi connectivity index (χ2n) is 2.25. The number of halogens is 2. The van der Waals surface area contributed by atoms with Gasteiger partial charge in [0, 0.05) is 7.05 Å². The molecule has 2 N–H and O–H groups in total. The monoisotopic (exact) mass is 218 g/mol. The van der Waals surface area contributed by atoms with Crippen LogP contribution < -0.4 is 5.43 Å². The molecule has 0 aromatic heterocycles. The molecule has 0 aliphatic heterocycles. The van der Waals surface area contributed by atoms with E-state index in [1.165, 1.54) is 17.4 Å². The predicted octanol–water partition coefficient (Wildman–Crippen LogP) is 2.01. The fourth-order valence-corrected chi connectivity index (χ4v) is 0.679. The molecule has 0 unspecified atom stereocenters. The summed E-state index contributed by atoms with van der Waals surface area (Å²) in [6.07, 6.45) is 6.14. The minimum atomic E-state index is 0.265. The van der Waals surface area contributed by atoms with Crippen molar-refractivity contribution in [3.63, 3.8) is 0 Å². The summed E-state index contributed by atoms with van der Waals surface area (Å²) in [7, 11) is 1.67. The van der Waals surface area contributed by atoms with Crippen molar-refractivity contribution in [3.05, 3.63) is 23.6 Å². The highest BCUT2D eigenvalue weighted by molar-refractivity contribution is 6.29. The average Bonchev–Trinajstić information content (AvgIpc) is 2.16. The number of allylic oxidation sites excluding steroid dienone is 2. The molecule has 6 heteroatoms. The average molecular weight is 219 g/mol. The molecule has 78 valence electrons. The Morgan fingerprint density at radius 1 is 1.71 bits per heavy atom. The van der Waals surface area contributed by atoms with Gasteiger partial charge in [0.1, 0.15) is 11.5 Å². The Morgan fingerprint density at radius 3 is 3.00 bits per heavy atom. The molecule has 0 fully saturated rings. The molecule has 0 amide bonds. The van der Waals surface area contributed by atoms with E-state index in [4.69, 9.17) is 17.0 Å². The zero-order chi connectivity index (χ0) is 10.8. The van der Waals surface area contributed by atoms with Gasteiger partial charge in [-0.2, -0.15) is 0 Å². The van der Waals surface area contributed by atoms with Crippen molar-refractivity contribution < 1.29 is 4.39 Å². The van der Waals surface area contributed by atoms with Crippen molar-refractivity contribution in [2.75, 3.05) is 7.05 Å². The van der Waals surface area contributed by atoms with Gasteiger partial charge in [-0.3, -0.25) is 15.8 Å². The van der Waals surface area contributed by atoms with Crippen LogP contribution in [0, 0.1) is 5.41 Å². The van der Waals surface area contributed by atoms with Crippen LogP contribution in [-0.2, 0) is 0 Å². The number of hydrazine groups is 1. The van der Waals surface area contributed by atoms with E-state index in [1.807, 2.05) is 0 Å². The fourth-order valence-electron chi connectivity index (χ4n) is 0.546. The maximum atomic E-state index is 11.5. The first-order valence-corrected chi connectivity index (χ1v) is 4.21. The lowest BCUT2D eigenvalue weighted by molar-refractivity contribution is 0.476. The van der Waals surface area contributed by atoms with Crippen LogP contribution in [0.15, 0.2) is 28.6 Å². The van der Waals surface area contributed by atoms with E-state index < -0.39 is 0 Å². The summed E-state index contributed by atoms with van der Waals surface area (Å²) in [5, 5.41) is 8.43. The molecule has 0 radical (unpaired) electrons. The molecule has 0 aromatic rings. The van der Waals surface area contributed by atoms with Crippen LogP contribution >= 0.6 is 11.6 Å². The summed E-state index contributed by atoms with van der Waals surface area (Å²) >= 11 is 5.66. The van der Waals surface area contributed by atoms with Gasteiger partial charge in [0.05, 0.1) is 12.7 Å². The maximum Gasteiger partial charge on any atom is 0.127 e. The third-order valence-electron chi connectivity index (χ3n) is 1.13. The molecule has 4 nitrogen and oxygen atoms in total. The second kappa shape index (κ2) is 8.25. The van der Waals surface area contributed by atoms with E-state index in [2.05, 4.69) is 10.4 Å². The Labute approximate surface area is 87.2 Å². The van der Waals surface area contributed by atoms with E-state index in [9.17, 15) is 4.39 Å². The number of hydrogen-bond acceptors (Lipinski definition) is 2. The molecule has 0 saturated heterocycles. The van der Waals surface area contributed by atoms with Crippen molar-refractivity contribution >= 4 is 24.3 Å². The van der Waals surface area contributed by atoms with Crippen molar-refractivity contribution in [1.82, 2.24) is 10.4 Å². The van der Waals surface area contributed by atoms with Gasteiger partial charge in [0.2, 0.25) is 0 Å². The molecule has 0 aliphatic rings. The molecule has 0 bridgehead atoms. The molecule has 0 rings (SSSR count). The first kappa shape index (κ1) is 12.6. The SMILES string of the molecule is CN(C=N/C(Cl)=C\C/C=C\F)NC=N. The van der Waals surface area contributed by atoms with Crippen LogP contribution in [0.2, 0.25) is 0 Å². The molecule has 0 atom stereocenters. The van der Waals surface area contributed by atoms with E-state index >= 15 is 0 Å². The Hall–Kier alpha value is -1.36. The summed E-state index contributed by atoms with van der Waals surface area (Å²) in [6.45, 7) is 0. The van der Waals surface area contributed by atoms with Gasteiger partial charge < -0.3 is 0 Å². The van der Waals surface area contributed by atoms with Gasteiger partial charge >= 0.3 is 0 Å². The fraction of sp³-hybridized carbons (Fsp3) is 0.250. The molecule has 0 heterocycles. The molecular weight excluding hydrogens is 207 g/mol. The highest BCUT2D eigenvalue weighted by Gasteiger charge is 1.87. The van der Waals surface area contributed by atoms with Crippen LogP contribution in [0.1, 0.15) is 6.42 Å². The smallest absolute Gasteiger partial charge is 0.127 e. The lowest BCUT2D eigenvalue weighted by Gasteiger charge is -2.09. The van der Waals surface area contributed by atoms with Gasteiger partial charge in [-0.15, -0.1) is 0 Å². The van der Waals surface area contributed by atoms with Crippen molar-refractivity contribution in [1.29, 1.82) is 5.41 Å². The second-order valence-corrected chi connectivity index (χ2v) is 2.64. The van der Waals surface area contributed by atoms with Crippen molar-refractivity contribution in [2.24, 2.45) is 4.99 Å². The largest absolute Gasteiger partial charge is 0.290 e. The standard InChI is InChI=1S/C8H12ClFN4/c1-14(13-6-11)7-12-8(9)4-2-3-5-10/h3-7H,2H2,1H3,(H2,11,13)/b5-3-,8-4-,12-7?. The first-order valence-electron chi connectivity index (χ1n) is 3.83. The minimum absolute atomic E-state index is 0.265. The third kappa shape index (κ3) is 7.30. The van der Waals surface area contributed by atoms with Crippen LogP contribution in [-0.4, -0.2) is 24.7 Å². The molecular formula is C8H12ClFN4. The normalized spacial score (nSPS) is 12.4. The summed E-state index contributed by atoms with van der Waals surface area (Å²) in [6, 6.07) is 0. The van der Waals surface area contributed by atoms with Gasteiger partial charge in [-0.05, 0) is 12.5 Å². The van der Waals surface area contributed by atoms with Crippen molar-refractivity contribution in [2.45, 2.75) is 6.42 Å². The molecule has 0 spiro atoms. The summed E-state index contributed by atoms with van der Waals surface area (Å²) < 4.78 is 11.5. The first-order chi connectivity index (χ1) is 6.70. The maximum absolute atomic E-state index is 11.5. The van der Waals surface area contributed by atoms with Gasteiger partial charge in [0.15, 0.2) is 0 Å². The van der Waals surface area contributed by atoms with Gasteiger partial charge in [0.25, 0.3) is 0 Å². The molecule has 14 heavy (non-hydrogen) atoms. The molecule has 0 aliphatic carbocycles. The van der Waals surface area contributed by atoms with Crippen LogP contribution in [0.25, 0.3) is 0 Å². The van der Waals surface area contributed by atoms with Crippen molar-refractivity contribution in [3.8, 4) is 0 Å². The lowest BCUT2D eigenvalue weighted by Crippen LogP contribution is -2.31. The Bertz CT molecular complexity index is 250. The zero-order valence-corrected chi connectivity index (χ0v) is 8.50. The summed E-state index contributed by atoms with van der Waals surface area (Å²) in [4.78, 5) is 3.82. The van der Waals surface area contributed by atoms with E-state index in [0.29, 0.717) is 12.8 Å². The van der Waals surface area contributed by atoms with E-state index in [1.54, 1.807) is 13.1 Å². The van der Waals surface area contributed by atoms with Gasteiger partial charge in [-0.1, -0.05) is 17.7 Å². The highest BCUT2D eigenvalue weighted by Crippen LogP contribution is 2.03. The quantitative estimate of drug-likeness (QED) is 0.310. The summed E-state index contributed by atoms with van der Waals surface area (Å²) in [5.74, 6) is 0. The van der Waals surface area contributed by atoms with E-state index in [-0.39, 0.29) is 5.16 Å². The molecule has 0 saturated carbocycles. The minimum Gasteiger partial charge on any atom is -0.290 e. The summed E-state index contributed by atoms with van der Waals surface area (Å²) in [5.41, 5.74) is 2.53. The third-order valence-corrected chi connectivity index (χ3v) is 1.39. The molecule has 0 aromatic carbocycles. The number of aliphatic imine (C=N–C) groups is 1. The number of hydrogen-bond donors (Lipinski definition) is 2.